The van der Waals surface area contributed by atoms with Crippen molar-refractivity contribution in [2.24, 2.45) is 0 Å². The molecule has 147 valence electrons. The summed E-state index contributed by atoms with van der Waals surface area (Å²) >= 11 is 0. The summed E-state index contributed by atoms with van der Waals surface area (Å²) in [6.07, 6.45) is -4.55. The van der Waals surface area contributed by atoms with Gasteiger partial charge in [0.15, 0.2) is 0 Å². The third kappa shape index (κ3) is 4.22. The molecule has 1 heterocycles. The monoisotopic (exact) mass is 419 g/mol. The van der Waals surface area contributed by atoms with E-state index in [9.17, 15) is 23.2 Å². The summed E-state index contributed by atoms with van der Waals surface area (Å²) in [5.41, 5.74) is 0.687. The molecule has 1 atom stereocenters. The molecular weight excluding hydrogens is 404 g/mol. The SMILES string of the molecule is CC1=C(C#N)[C@H](c2ccc(C#N)cc2)N(C)C(=O)N1c1cccc(C(F)(F)F)c1.[Na]. The van der Waals surface area contributed by atoms with Crippen LogP contribution in [-0.4, -0.2) is 47.5 Å². The number of likely N-dealkylation sites (N-methyl/N-ethyl adjacent to an activating group) is 1. The van der Waals surface area contributed by atoms with Gasteiger partial charge in [0.25, 0.3) is 0 Å². The minimum absolute atomic E-state index is 0. The van der Waals surface area contributed by atoms with Crippen LogP contribution in [-0.2, 0) is 6.18 Å². The Morgan fingerprint density at radius 1 is 1.03 bits per heavy atom. The molecule has 30 heavy (non-hydrogen) atoms. The summed E-state index contributed by atoms with van der Waals surface area (Å²) in [7, 11) is 1.48. The van der Waals surface area contributed by atoms with Gasteiger partial charge in [0.1, 0.15) is 0 Å². The topological polar surface area (TPSA) is 71.1 Å². The van der Waals surface area contributed by atoms with Gasteiger partial charge in [-0.2, -0.15) is 23.7 Å². The second-order valence-corrected chi connectivity index (χ2v) is 6.52. The van der Waals surface area contributed by atoms with Gasteiger partial charge in [0, 0.05) is 42.3 Å². The van der Waals surface area contributed by atoms with Crippen molar-refractivity contribution in [1.29, 1.82) is 10.5 Å². The van der Waals surface area contributed by atoms with Gasteiger partial charge in [-0.15, -0.1) is 0 Å². The fourth-order valence-corrected chi connectivity index (χ4v) is 3.32. The number of carbonyl (C=O) groups excluding carboxylic acids is 1. The van der Waals surface area contributed by atoms with Crippen molar-refractivity contribution in [2.45, 2.75) is 19.1 Å². The quantitative estimate of drug-likeness (QED) is 0.668. The van der Waals surface area contributed by atoms with Crippen molar-refractivity contribution >= 4 is 41.3 Å². The number of amides is 2. The van der Waals surface area contributed by atoms with Crippen LogP contribution in [0.25, 0.3) is 0 Å². The Bertz CT molecular complexity index is 1080. The molecule has 0 saturated heterocycles. The number of carbonyl (C=O) groups is 1. The first-order valence-electron chi connectivity index (χ1n) is 8.54. The second kappa shape index (κ2) is 8.93. The summed E-state index contributed by atoms with van der Waals surface area (Å²) in [6.45, 7) is 1.53. The molecule has 5 nitrogen and oxygen atoms in total. The summed E-state index contributed by atoms with van der Waals surface area (Å²) in [4.78, 5) is 15.4. The average molecular weight is 419 g/mol. The molecule has 0 aromatic heterocycles. The van der Waals surface area contributed by atoms with E-state index in [0.29, 0.717) is 11.1 Å². The van der Waals surface area contributed by atoms with Crippen LogP contribution < -0.4 is 4.90 Å². The van der Waals surface area contributed by atoms with Crippen molar-refractivity contribution in [1.82, 2.24) is 4.90 Å². The average Bonchev–Trinajstić information content (AvgIpc) is 2.70. The zero-order valence-corrected chi connectivity index (χ0v) is 18.5. The molecule has 1 aliphatic heterocycles. The number of benzene rings is 2. The van der Waals surface area contributed by atoms with Gasteiger partial charge in [0.2, 0.25) is 0 Å². The normalized spacial score (nSPS) is 16.6. The van der Waals surface area contributed by atoms with Crippen LogP contribution >= 0.6 is 0 Å². The Morgan fingerprint density at radius 2 is 1.67 bits per heavy atom. The number of allylic oxidation sites excluding steroid dienone is 1. The van der Waals surface area contributed by atoms with Gasteiger partial charge in [-0.05, 0) is 42.8 Å². The number of hydrogen-bond donors (Lipinski definition) is 0. The van der Waals surface area contributed by atoms with Gasteiger partial charge in [0.05, 0.1) is 40.6 Å². The molecule has 0 unspecified atom stereocenters. The smallest absolute Gasteiger partial charge is 0.315 e. The summed E-state index contributed by atoms with van der Waals surface area (Å²) < 4.78 is 39.3. The molecule has 9 heteroatoms. The third-order valence-corrected chi connectivity index (χ3v) is 4.79. The largest absolute Gasteiger partial charge is 0.416 e. The number of halogens is 3. The fourth-order valence-electron chi connectivity index (χ4n) is 3.32. The van der Waals surface area contributed by atoms with E-state index >= 15 is 0 Å². The van der Waals surface area contributed by atoms with E-state index in [1.165, 1.54) is 31.0 Å². The molecular formula is C21H15F3N4NaO. The molecule has 0 fully saturated rings. The molecule has 1 aliphatic rings. The zero-order chi connectivity index (χ0) is 21.3. The first kappa shape index (κ1) is 23.5. The van der Waals surface area contributed by atoms with Crippen LogP contribution in [0.3, 0.4) is 0 Å². The number of urea groups is 1. The third-order valence-electron chi connectivity index (χ3n) is 4.79. The Labute approximate surface area is 193 Å². The molecule has 2 amide bonds. The van der Waals surface area contributed by atoms with E-state index in [2.05, 4.69) is 6.07 Å². The van der Waals surface area contributed by atoms with Gasteiger partial charge >= 0.3 is 12.2 Å². The maximum Gasteiger partial charge on any atom is 0.416 e. The van der Waals surface area contributed by atoms with Crippen LogP contribution in [0.4, 0.5) is 23.7 Å². The summed E-state index contributed by atoms with van der Waals surface area (Å²) in [5, 5.41) is 18.7. The fraction of sp³-hybridized carbons (Fsp3) is 0.190. The molecule has 1 radical (unpaired) electrons. The van der Waals surface area contributed by atoms with Crippen molar-refractivity contribution in [2.75, 3.05) is 11.9 Å². The minimum atomic E-state index is -4.55. The maximum atomic E-state index is 13.1. The molecule has 0 bridgehead atoms. The molecule has 0 spiro atoms. The summed E-state index contributed by atoms with van der Waals surface area (Å²) in [6, 6.07) is 13.7. The van der Waals surface area contributed by atoms with Crippen LogP contribution in [0.2, 0.25) is 0 Å². The van der Waals surface area contributed by atoms with Crippen molar-refractivity contribution in [3.63, 3.8) is 0 Å². The second-order valence-electron chi connectivity index (χ2n) is 6.52. The van der Waals surface area contributed by atoms with Crippen LogP contribution in [0.1, 0.15) is 29.7 Å². The van der Waals surface area contributed by atoms with Crippen LogP contribution in [0, 0.1) is 22.7 Å². The molecule has 0 aliphatic carbocycles. The van der Waals surface area contributed by atoms with Gasteiger partial charge < -0.3 is 4.90 Å². The van der Waals surface area contributed by atoms with E-state index < -0.39 is 23.8 Å². The number of alkyl halides is 3. The predicted molar refractivity (Wildman–Crippen MR) is 105 cm³/mol. The Hall–Kier alpha value is -2.78. The van der Waals surface area contributed by atoms with Crippen LogP contribution in [0.15, 0.2) is 59.8 Å². The van der Waals surface area contributed by atoms with E-state index in [1.807, 2.05) is 6.07 Å². The number of rotatable bonds is 2. The van der Waals surface area contributed by atoms with Gasteiger partial charge in [-0.25, -0.2) is 4.79 Å². The molecule has 0 saturated carbocycles. The number of hydrogen-bond acceptors (Lipinski definition) is 3. The van der Waals surface area contributed by atoms with E-state index in [4.69, 9.17) is 5.26 Å². The number of anilines is 1. The van der Waals surface area contributed by atoms with Gasteiger partial charge in [-0.3, -0.25) is 4.90 Å². The van der Waals surface area contributed by atoms with Crippen molar-refractivity contribution < 1.29 is 18.0 Å². The van der Waals surface area contributed by atoms with Gasteiger partial charge in [-0.1, -0.05) is 18.2 Å². The Kier molecular flexibility index (Phi) is 6.99. The van der Waals surface area contributed by atoms with E-state index in [0.717, 1.165) is 17.0 Å². The Morgan fingerprint density at radius 3 is 2.20 bits per heavy atom. The predicted octanol–water partition coefficient (Wildman–Crippen LogP) is 4.61. The maximum absolute atomic E-state index is 13.1. The molecule has 2 aromatic rings. The van der Waals surface area contributed by atoms with Crippen molar-refractivity contribution in [3.8, 4) is 12.1 Å². The number of nitrogens with zero attached hydrogens (tertiary/aromatic N) is 4. The first-order valence-corrected chi connectivity index (χ1v) is 8.54. The standard InChI is InChI=1S/C21H15F3N4O.Na/c1-13-18(12-26)19(15-8-6-14(11-25)7-9-15)27(2)20(29)28(13)17-5-3-4-16(10-17)21(22,23)24;/h3-10,19H,1-2H3;/t19-;/m0./s1. The van der Waals surface area contributed by atoms with Crippen molar-refractivity contribution in [3.05, 3.63) is 76.5 Å². The molecule has 2 aromatic carbocycles. The number of nitriles is 2. The van der Waals surface area contributed by atoms with Crippen LogP contribution in [0.5, 0.6) is 0 Å². The first-order chi connectivity index (χ1) is 13.7. The summed E-state index contributed by atoms with van der Waals surface area (Å²) in [5.74, 6) is 0. The molecule has 0 N–H and O–H groups in total. The minimum Gasteiger partial charge on any atom is -0.315 e. The van der Waals surface area contributed by atoms with E-state index in [1.54, 1.807) is 24.3 Å². The Balaban J connectivity index is 0.00000320. The van der Waals surface area contributed by atoms with E-state index in [-0.39, 0.29) is 46.5 Å². The zero-order valence-electron chi connectivity index (χ0n) is 16.5. The molecule has 3 rings (SSSR count).